The highest BCUT2D eigenvalue weighted by Crippen LogP contribution is 2.66. The van der Waals surface area contributed by atoms with Crippen LogP contribution in [0.1, 0.15) is 60.8 Å². The van der Waals surface area contributed by atoms with Gasteiger partial charge >= 0.3 is 0 Å². The van der Waals surface area contributed by atoms with Crippen LogP contribution in [0.3, 0.4) is 0 Å². The fourth-order valence-electron chi connectivity index (χ4n) is 12.0. The standard InChI is InChI=1S/C38H42N4O6.2ClH/c1-3-15-41-17-13-35-29-21-5-7-25(43)31(29)47-33(35)23(9-11-37(35,45)27(41)19-21)39-40-24-10-12-38(46)28-20-22-6-8-26(44)32-30(22)36(38,34(24)48-32)14-18-42(28)16-4-2;;/h3-8,27-28,33-34,43-46H,1-2,9-20H2;2*1H/b39-23+,40-24+;;/t27?,28?,33-,34-,35+,36+,37-,38-;;/m1../s1. The number of nitrogens with zero attached hydrogens (tertiary/aromatic N) is 4. The number of rotatable bonds is 5. The molecule has 0 aromatic heterocycles. The molecule has 12 heteroatoms. The number of likely N-dealkylation sites (tertiary alicyclic amines) is 2. The van der Waals surface area contributed by atoms with Gasteiger partial charge in [0.15, 0.2) is 35.2 Å². The Hall–Kier alpha value is -3.12. The lowest BCUT2D eigenvalue weighted by atomic mass is 9.48. The van der Waals surface area contributed by atoms with Crippen molar-refractivity contribution >= 4 is 36.2 Å². The highest BCUT2D eigenvalue weighted by Gasteiger charge is 2.74. The fraction of sp³-hybridized carbons (Fsp3) is 0.526. The van der Waals surface area contributed by atoms with Gasteiger partial charge in [-0.3, -0.25) is 9.80 Å². The summed E-state index contributed by atoms with van der Waals surface area (Å²) < 4.78 is 13.3. The number of phenols is 2. The molecule has 2 saturated carbocycles. The summed E-state index contributed by atoms with van der Waals surface area (Å²) in [5, 5.41) is 57.4. The molecule has 266 valence electrons. The molecule has 2 saturated heterocycles. The van der Waals surface area contributed by atoms with E-state index in [2.05, 4.69) is 23.0 Å². The van der Waals surface area contributed by atoms with Crippen LogP contribution in [0.5, 0.6) is 23.0 Å². The molecule has 8 aliphatic rings. The van der Waals surface area contributed by atoms with Gasteiger partial charge in [-0.25, -0.2) is 0 Å². The van der Waals surface area contributed by atoms with Crippen LogP contribution in [0.15, 0.2) is 59.8 Å². The van der Waals surface area contributed by atoms with E-state index in [1.165, 1.54) is 0 Å². The Balaban J connectivity index is 0.00000180. The lowest BCUT2D eigenvalue weighted by Gasteiger charge is -2.63. The number of benzene rings is 2. The summed E-state index contributed by atoms with van der Waals surface area (Å²) in [7, 11) is 0. The maximum absolute atomic E-state index is 12.7. The van der Waals surface area contributed by atoms with Crippen LogP contribution in [0.2, 0.25) is 0 Å². The van der Waals surface area contributed by atoms with E-state index in [0.717, 1.165) is 46.8 Å². The first-order chi connectivity index (χ1) is 23.2. The molecule has 2 unspecified atom stereocenters. The first-order valence-electron chi connectivity index (χ1n) is 17.5. The van der Waals surface area contributed by atoms with Crippen molar-refractivity contribution in [3.8, 4) is 23.0 Å². The Bertz CT molecular complexity index is 1750. The number of aromatic hydroxyl groups is 2. The second-order valence-electron chi connectivity index (χ2n) is 15.4. The Morgan fingerprint density at radius 3 is 1.52 bits per heavy atom. The van der Waals surface area contributed by atoms with Gasteiger partial charge in [-0.2, -0.15) is 10.2 Å². The SMILES string of the molecule is C=CCN1CC[C@]23c4c5ccc(O)c4O[C@@H]2/C(=N/N=C2\CC[C@@]4(O)C6Cc7ccc(O)c8c7[C@@]4(CCN6CC=C)[C@@H]2O8)CC[C@@]3(O)C1C5.Cl.Cl. The molecule has 4 aliphatic carbocycles. The highest BCUT2D eigenvalue weighted by atomic mass is 35.5. The first kappa shape index (κ1) is 34.0. The molecule has 4 bridgehead atoms. The quantitative estimate of drug-likeness (QED) is 0.268. The Kier molecular flexibility index (Phi) is 7.61. The highest BCUT2D eigenvalue weighted by molar-refractivity contribution is 5.98. The summed E-state index contributed by atoms with van der Waals surface area (Å²) in [6.45, 7) is 10.9. The molecule has 2 spiro atoms. The van der Waals surface area contributed by atoms with Gasteiger partial charge in [-0.15, -0.1) is 38.0 Å². The van der Waals surface area contributed by atoms with Crippen LogP contribution in [0.4, 0.5) is 0 Å². The molecular formula is C38H44Cl2N4O6. The van der Waals surface area contributed by atoms with Crippen molar-refractivity contribution in [2.45, 2.75) is 97.7 Å². The topological polar surface area (TPSA) is 131 Å². The second kappa shape index (κ2) is 11.2. The van der Waals surface area contributed by atoms with Gasteiger partial charge in [-0.05, 0) is 74.6 Å². The van der Waals surface area contributed by atoms with Gasteiger partial charge in [0, 0.05) is 49.4 Å². The number of phenolic OH excluding ortho intramolecular Hbond substituents is 2. The summed E-state index contributed by atoms with van der Waals surface area (Å²) in [5.74, 6) is 1.11. The normalized spacial score (nSPS) is 39.7. The predicted octanol–water partition coefficient (Wildman–Crippen LogP) is 4.12. The van der Waals surface area contributed by atoms with E-state index in [-0.39, 0.29) is 48.4 Å². The number of aliphatic hydroxyl groups is 2. The van der Waals surface area contributed by atoms with Gasteiger partial charge in [0.05, 0.1) is 33.5 Å². The van der Waals surface area contributed by atoms with Gasteiger partial charge in [0.2, 0.25) is 0 Å². The van der Waals surface area contributed by atoms with E-state index in [9.17, 15) is 20.4 Å². The van der Waals surface area contributed by atoms with Crippen molar-refractivity contribution in [3.63, 3.8) is 0 Å². The molecule has 4 heterocycles. The number of ether oxygens (including phenoxy) is 2. The number of hydrogen-bond acceptors (Lipinski definition) is 10. The van der Waals surface area contributed by atoms with E-state index in [4.69, 9.17) is 19.7 Å². The van der Waals surface area contributed by atoms with Crippen molar-refractivity contribution in [1.82, 2.24) is 9.80 Å². The predicted molar refractivity (Wildman–Crippen MR) is 194 cm³/mol. The van der Waals surface area contributed by atoms with Crippen LogP contribution in [0.25, 0.3) is 0 Å². The maximum atomic E-state index is 12.7. The maximum Gasteiger partial charge on any atom is 0.166 e. The Morgan fingerprint density at radius 2 is 1.12 bits per heavy atom. The van der Waals surface area contributed by atoms with Crippen LogP contribution in [-0.2, 0) is 23.7 Å². The van der Waals surface area contributed by atoms with E-state index in [1.54, 1.807) is 12.1 Å². The molecule has 8 atom stereocenters. The largest absolute Gasteiger partial charge is 0.504 e. The Morgan fingerprint density at radius 1 is 0.700 bits per heavy atom. The van der Waals surface area contributed by atoms with E-state index < -0.39 is 34.2 Å². The third-order valence-electron chi connectivity index (χ3n) is 13.8. The molecule has 4 aliphatic heterocycles. The van der Waals surface area contributed by atoms with E-state index in [0.29, 0.717) is 76.0 Å². The second-order valence-corrected chi connectivity index (χ2v) is 15.4. The van der Waals surface area contributed by atoms with Crippen molar-refractivity contribution < 1.29 is 29.9 Å². The molecule has 2 aromatic carbocycles. The van der Waals surface area contributed by atoms with Gasteiger partial charge in [0.25, 0.3) is 0 Å². The summed E-state index contributed by atoms with van der Waals surface area (Å²) in [6.07, 6.45) is 7.42. The fourth-order valence-corrected chi connectivity index (χ4v) is 12.0. The van der Waals surface area contributed by atoms with Crippen LogP contribution < -0.4 is 9.47 Å². The van der Waals surface area contributed by atoms with Crippen molar-refractivity contribution in [2.75, 3.05) is 26.2 Å². The zero-order valence-electron chi connectivity index (χ0n) is 27.9. The molecular weight excluding hydrogens is 679 g/mol. The molecule has 4 N–H and O–H groups in total. The molecule has 10 rings (SSSR count). The molecule has 50 heavy (non-hydrogen) atoms. The average molecular weight is 724 g/mol. The first-order valence-corrected chi connectivity index (χ1v) is 17.5. The minimum absolute atomic E-state index is 0. The monoisotopic (exact) mass is 722 g/mol. The van der Waals surface area contributed by atoms with E-state index >= 15 is 0 Å². The van der Waals surface area contributed by atoms with Crippen molar-refractivity contribution in [1.29, 1.82) is 0 Å². The number of hydrogen-bond donors (Lipinski definition) is 4. The molecule has 10 nitrogen and oxygen atoms in total. The van der Waals surface area contributed by atoms with Crippen LogP contribution >= 0.6 is 24.8 Å². The van der Waals surface area contributed by atoms with E-state index in [1.807, 2.05) is 24.3 Å². The number of piperidine rings is 2. The van der Waals surface area contributed by atoms with Crippen molar-refractivity contribution in [3.05, 3.63) is 71.8 Å². The van der Waals surface area contributed by atoms with Gasteiger partial charge in [0.1, 0.15) is 0 Å². The molecule has 4 fully saturated rings. The molecule has 2 aromatic rings. The number of halogens is 2. The van der Waals surface area contributed by atoms with Crippen LogP contribution in [-0.4, -0.2) is 103 Å². The zero-order valence-corrected chi connectivity index (χ0v) is 29.5. The third kappa shape index (κ3) is 3.75. The zero-order chi connectivity index (χ0) is 32.8. The summed E-state index contributed by atoms with van der Waals surface area (Å²) in [5.41, 5.74) is 1.99. The third-order valence-corrected chi connectivity index (χ3v) is 13.8. The molecule has 0 amide bonds. The van der Waals surface area contributed by atoms with Gasteiger partial charge < -0.3 is 29.9 Å². The minimum Gasteiger partial charge on any atom is -0.504 e. The lowest BCUT2D eigenvalue weighted by molar-refractivity contribution is -0.164. The van der Waals surface area contributed by atoms with Crippen LogP contribution in [0, 0.1) is 0 Å². The summed E-state index contributed by atoms with van der Waals surface area (Å²) in [6, 6.07) is 7.18. The average Bonchev–Trinajstić information content (AvgIpc) is 3.61. The Labute approximate surface area is 304 Å². The summed E-state index contributed by atoms with van der Waals surface area (Å²) >= 11 is 0. The van der Waals surface area contributed by atoms with Gasteiger partial charge in [-0.1, -0.05) is 24.3 Å². The lowest BCUT2D eigenvalue weighted by Crippen LogP contribution is -2.76. The summed E-state index contributed by atoms with van der Waals surface area (Å²) in [4.78, 5) is 4.68. The molecule has 0 radical (unpaired) electrons. The smallest absolute Gasteiger partial charge is 0.166 e. The van der Waals surface area contributed by atoms with Crippen molar-refractivity contribution in [2.24, 2.45) is 10.2 Å². The minimum atomic E-state index is -1.06.